The highest BCUT2D eigenvalue weighted by atomic mass is 19.4. The molecule has 1 aliphatic rings. The van der Waals surface area contributed by atoms with Crippen LogP contribution in [-0.4, -0.2) is 50.4 Å². The number of ether oxygens (including phenoxy) is 1. The van der Waals surface area contributed by atoms with Gasteiger partial charge < -0.3 is 10.1 Å². The van der Waals surface area contributed by atoms with E-state index < -0.39 is 12.1 Å². The molecule has 0 bridgehead atoms. The number of nitrogens with zero attached hydrogens (tertiary/aromatic N) is 1. The molecule has 6 heteroatoms. The van der Waals surface area contributed by atoms with Crippen molar-refractivity contribution in [3.05, 3.63) is 29.8 Å². The minimum Gasteiger partial charge on any atom is -0.492 e. The quantitative estimate of drug-likeness (QED) is 0.924. The maximum Gasteiger partial charge on any atom is 0.394 e. The van der Waals surface area contributed by atoms with E-state index in [-0.39, 0.29) is 13.1 Å². The van der Waals surface area contributed by atoms with Gasteiger partial charge >= 0.3 is 6.18 Å². The van der Waals surface area contributed by atoms with Gasteiger partial charge in [0.1, 0.15) is 12.4 Å². The third-order valence-corrected chi connectivity index (χ3v) is 3.60. The standard InChI is InChI=1S/C15H21F3N2O/c1-12-3-2-4-14(9-12)21-8-7-20-6-5-19-10-13(11-20)15(16,17)18/h2-4,9,13,19H,5-8,10-11H2,1H3. The van der Waals surface area contributed by atoms with Gasteiger partial charge in [-0.15, -0.1) is 0 Å². The Labute approximate surface area is 123 Å². The number of hydrogen-bond donors (Lipinski definition) is 1. The average Bonchev–Trinajstić information content (AvgIpc) is 2.64. The van der Waals surface area contributed by atoms with Crippen molar-refractivity contribution in [1.29, 1.82) is 0 Å². The molecule has 0 aromatic heterocycles. The van der Waals surface area contributed by atoms with E-state index in [0.29, 0.717) is 26.2 Å². The molecule has 21 heavy (non-hydrogen) atoms. The first-order valence-corrected chi connectivity index (χ1v) is 7.14. The Morgan fingerprint density at radius 3 is 2.90 bits per heavy atom. The molecule has 1 heterocycles. The minimum absolute atomic E-state index is 0.00125. The molecule has 1 aromatic rings. The summed E-state index contributed by atoms with van der Waals surface area (Å²) in [7, 11) is 0. The first-order valence-electron chi connectivity index (χ1n) is 7.14. The third-order valence-electron chi connectivity index (χ3n) is 3.60. The van der Waals surface area contributed by atoms with Gasteiger partial charge in [-0.05, 0) is 24.6 Å². The van der Waals surface area contributed by atoms with E-state index in [1.54, 1.807) is 0 Å². The van der Waals surface area contributed by atoms with E-state index in [0.717, 1.165) is 11.3 Å². The maximum atomic E-state index is 12.8. The second-order valence-electron chi connectivity index (χ2n) is 5.41. The van der Waals surface area contributed by atoms with Gasteiger partial charge in [-0.1, -0.05) is 12.1 Å². The van der Waals surface area contributed by atoms with Crippen molar-refractivity contribution in [3.8, 4) is 5.75 Å². The third kappa shape index (κ3) is 5.21. The van der Waals surface area contributed by atoms with Crippen LogP contribution < -0.4 is 10.1 Å². The molecule has 1 aromatic carbocycles. The molecule has 1 fully saturated rings. The lowest BCUT2D eigenvalue weighted by molar-refractivity contribution is -0.175. The molecule has 3 nitrogen and oxygen atoms in total. The van der Waals surface area contributed by atoms with Crippen LogP contribution in [0.2, 0.25) is 0 Å². The Morgan fingerprint density at radius 1 is 1.38 bits per heavy atom. The zero-order chi connectivity index (χ0) is 15.3. The van der Waals surface area contributed by atoms with E-state index in [1.807, 2.05) is 36.1 Å². The Bertz CT molecular complexity index is 451. The fourth-order valence-corrected chi connectivity index (χ4v) is 2.40. The van der Waals surface area contributed by atoms with Crippen molar-refractivity contribution < 1.29 is 17.9 Å². The van der Waals surface area contributed by atoms with E-state index in [4.69, 9.17) is 4.74 Å². The topological polar surface area (TPSA) is 24.5 Å². The average molecular weight is 302 g/mol. The molecule has 0 aliphatic carbocycles. The summed E-state index contributed by atoms with van der Waals surface area (Å²) in [4.78, 5) is 1.81. The van der Waals surface area contributed by atoms with E-state index in [1.165, 1.54) is 0 Å². The number of alkyl halides is 3. The van der Waals surface area contributed by atoms with Crippen molar-refractivity contribution in [2.75, 3.05) is 39.3 Å². The zero-order valence-electron chi connectivity index (χ0n) is 12.1. The van der Waals surface area contributed by atoms with Gasteiger partial charge in [0.25, 0.3) is 0 Å². The molecule has 1 unspecified atom stereocenters. The summed E-state index contributed by atoms with van der Waals surface area (Å²) in [6.07, 6.45) is -4.15. The lowest BCUT2D eigenvalue weighted by Crippen LogP contribution is -2.39. The second-order valence-corrected chi connectivity index (χ2v) is 5.41. The Kier molecular flexibility index (Phi) is 5.47. The van der Waals surface area contributed by atoms with Gasteiger partial charge in [-0.25, -0.2) is 0 Å². The molecule has 118 valence electrons. The Hall–Kier alpha value is -1.27. The SMILES string of the molecule is Cc1cccc(OCCN2CCNCC(C(F)(F)F)C2)c1. The lowest BCUT2D eigenvalue weighted by Gasteiger charge is -2.25. The van der Waals surface area contributed by atoms with Gasteiger partial charge in [-0.2, -0.15) is 13.2 Å². The summed E-state index contributed by atoms with van der Waals surface area (Å²) in [5, 5.41) is 2.85. The molecular weight excluding hydrogens is 281 g/mol. The van der Waals surface area contributed by atoms with Crippen molar-refractivity contribution in [2.24, 2.45) is 5.92 Å². The number of halogens is 3. The highest BCUT2D eigenvalue weighted by Crippen LogP contribution is 2.27. The Balaban J connectivity index is 1.81. The van der Waals surface area contributed by atoms with Crippen LogP contribution in [0.3, 0.4) is 0 Å². The highest BCUT2D eigenvalue weighted by Gasteiger charge is 2.40. The maximum absolute atomic E-state index is 12.8. The number of rotatable bonds is 4. The monoisotopic (exact) mass is 302 g/mol. The van der Waals surface area contributed by atoms with E-state index in [9.17, 15) is 13.2 Å². The summed E-state index contributed by atoms with van der Waals surface area (Å²) < 4.78 is 44.1. The number of aryl methyl sites for hydroxylation is 1. The van der Waals surface area contributed by atoms with Gasteiger partial charge in [-0.3, -0.25) is 4.90 Å². The summed E-state index contributed by atoms with van der Waals surface area (Å²) in [6, 6.07) is 7.65. The fraction of sp³-hybridized carbons (Fsp3) is 0.600. The molecule has 1 saturated heterocycles. The zero-order valence-corrected chi connectivity index (χ0v) is 12.1. The normalized spacial score (nSPS) is 21.0. The van der Waals surface area contributed by atoms with Crippen molar-refractivity contribution in [1.82, 2.24) is 10.2 Å². The number of nitrogens with one attached hydrogen (secondary N) is 1. The fourth-order valence-electron chi connectivity index (χ4n) is 2.40. The van der Waals surface area contributed by atoms with Crippen LogP contribution >= 0.6 is 0 Å². The van der Waals surface area contributed by atoms with Gasteiger partial charge in [0, 0.05) is 32.7 Å². The lowest BCUT2D eigenvalue weighted by atomic mass is 10.1. The largest absolute Gasteiger partial charge is 0.492 e. The van der Waals surface area contributed by atoms with Crippen LogP contribution in [0.1, 0.15) is 5.56 Å². The molecule has 1 aliphatic heterocycles. The molecule has 0 saturated carbocycles. The molecule has 1 N–H and O–H groups in total. The van der Waals surface area contributed by atoms with Gasteiger partial charge in [0.05, 0.1) is 5.92 Å². The summed E-state index contributed by atoms with van der Waals surface area (Å²) in [6.45, 7) is 4.10. The molecule has 0 amide bonds. The van der Waals surface area contributed by atoms with Gasteiger partial charge in [0.2, 0.25) is 0 Å². The predicted molar refractivity (Wildman–Crippen MR) is 75.5 cm³/mol. The smallest absolute Gasteiger partial charge is 0.394 e. The van der Waals surface area contributed by atoms with Crippen LogP contribution in [0.4, 0.5) is 13.2 Å². The first-order chi connectivity index (χ1) is 9.95. The molecule has 2 rings (SSSR count). The Morgan fingerprint density at radius 2 is 2.19 bits per heavy atom. The van der Waals surface area contributed by atoms with Crippen molar-refractivity contribution in [2.45, 2.75) is 13.1 Å². The molecule has 0 spiro atoms. The van der Waals surface area contributed by atoms with Crippen molar-refractivity contribution >= 4 is 0 Å². The van der Waals surface area contributed by atoms with Crippen LogP contribution in [0.5, 0.6) is 5.75 Å². The van der Waals surface area contributed by atoms with Crippen molar-refractivity contribution in [3.63, 3.8) is 0 Å². The predicted octanol–water partition coefficient (Wildman–Crippen LogP) is 2.46. The highest BCUT2D eigenvalue weighted by molar-refractivity contribution is 5.27. The van der Waals surface area contributed by atoms with E-state index in [2.05, 4.69) is 5.32 Å². The molecular formula is C15H21F3N2O. The second kappa shape index (κ2) is 7.13. The first kappa shape index (κ1) is 16.1. The van der Waals surface area contributed by atoms with E-state index >= 15 is 0 Å². The van der Waals surface area contributed by atoms with Crippen LogP contribution in [0, 0.1) is 12.8 Å². The van der Waals surface area contributed by atoms with Crippen LogP contribution in [0.25, 0.3) is 0 Å². The minimum atomic E-state index is -4.15. The summed E-state index contributed by atoms with van der Waals surface area (Å²) >= 11 is 0. The summed E-state index contributed by atoms with van der Waals surface area (Å²) in [5.41, 5.74) is 1.10. The van der Waals surface area contributed by atoms with Gasteiger partial charge in [0.15, 0.2) is 0 Å². The van der Waals surface area contributed by atoms with Crippen LogP contribution in [-0.2, 0) is 0 Å². The number of hydrogen-bond acceptors (Lipinski definition) is 3. The van der Waals surface area contributed by atoms with Crippen LogP contribution in [0.15, 0.2) is 24.3 Å². The summed E-state index contributed by atoms with van der Waals surface area (Å²) in [5.74, 6) is -0.547. The number of benzene rings is 1. The molecule has 1 atom stereocenters. The molecule has 0 radical (unpaired) electrons.